The summed E-state index contributed by atoms with van der Waals surface area (Å²) >= 11 is 0. The fraction of sp³-hybridized carbons (Fsp3) is 0.333. The van der Waals surface area contributed by atoms with Crippen molar-refractivity contribution in [1.29, 1.82) is 0 Å². The van der Waals surface area contributed by atoms with Crippen LogP contribution in [-0.2, 0) is 16.1 Å². The predicted octanol–water partition coefficient (Wildman–Crippen LogP) is 1.51. The molecule has 1 saturated carbocycles. The zero-order valence-electron chi connectivity index (χ0n) is 10.8. The Hall–Kier alpha value is -2.35. The van der Waals surface area contributed by atoms with Gasteiger partial charge in [0.2, 0.25) is 5.91 Å². The molecule has 0 radical (unpaired) electrons. The topological polar surface area (TPSA) is 57.6 Å². The van der Waals surface area contributed by atoms with Gasteiger partial charge < -0.3 is 10.0 Å². The Bertz CT molecular complexity index is 561. The van der Waals surface area contributed by atoms with Gasteiger partial charge in [0.15, 0.2) is 0 Å². The minimum absolute atomic E-state index is 0.110. The number of carbonyl (C=O) groups excluding carboxylic acids is 1. The first-order valence-corrected chi connectivity index (χ1v) is 6.22. The van der Waals surface area contributed by atoms with Crippen LogP contribution in [-0.4, -0.2) is 28.4 Å². The van der Waals surface area contributed by atoms with Gasteiger partial charge >= 0.3 is 5.97 Å². The fourth-order valence-corrected chi connectivity index (χ4v) is 2.11. The van der Waals surface area contributed by atoms with Crippen LogP contribution in [0.3, 0.4) is 0 Å². The Morgan fingerprint density at radius 2 is 2.00 bits per heavy atom. The number of nitrogens with zero attached hydrogens (tertiary/aromatic N) is 1. The first-order valence-electron chi connectivity index (χ1n) is 6.22. The molecule has 2 rings (SSSR count). The van der Waals surface area contributed by atoms with E-state index < -0.39 is 17.8 Å². The summed E-state index contributed by atoms with van der Waals surface area (Å²) in [5.74, 6) is -0.249. The van der Waals surface area contributed by atoms with Gasteiger partial charge in [-0.3, -0.25) is 9.59 Å². The summed E-state index contributed by atoms with van der Waals surface area (Å²) in [6.45, 7) is 0.366. The number of terminal acetylenes is 1. The van der Waals surface area contributed by atoms with E-state index in [2.05, 4.69) is 5.92 Å². The minimum Gasteiger partial charge on any atom is -0.481 e. The molecule has 4 nitrogen and oxygen atoms in total. The lowest BCUT2D eigenvalue weighted by Gasteiger charge is -2.20. The van der Waals surface area contributed by atoms with E-state index in [4.69, 9.17) is 11.5 Å². The van der Waals surface area contributed by atoms with Crippen LogP contribution in [0.4, 0.5) is 4.39 Å². The summed E-state index contributed by atoms with van der Waals surface area (Å²) in [6, 6.07) is 5.78. The minimum atomic E-state index is -0.953. The monoisotopic (exact) mass is 275 g/mol. The normalized spacial score (nSPS) is 20.0. The van der Waals surface area contributed by atoms with Crippen molar-refractivity contribution in [3.8, 4) is 12.3 Å². The van der Waals surface area contributed by atoms with E-state index in [-0.39, 0.29) is 24.8 Å². The number of amides is 1. The predicted molar refractivity (Wildman–Crippen MR) is 69.9 cm³/mol. The highest BCUT2D eigenvalue weighted by Gasteiger charge is 2.49. The number of carbonyl (C=O) groups is 2. The second-order valence-electron chi connectivity index (χ2n) is 4.81. The maximum Gasteiger partial charge on any atom is 0.307 e. The smallest absolute Gasteiger partial charge is 0.307 e. The molecule has 20 heavy (non-hydrogen) atoms. The molecule has 2 unspecified atom stereocenters. The molecule has 5 heteroatoms. The van der Waals surface area contributed by atoms with Crippen molar-refractivity contribution in [2.45, 2.75) is 13.0 Å². The Morgan fingerprint density at radius 1 is 1.35 bits per heavy atom. The zero-order valence-corrected chi connectivity index (χ0v) is 10.8. The van der Waals surface area contributed by atoms with Crippen molar-refractivity contribution in [3.05, 3.63) is 35.6 Å². The first-order chi connectivity index (χ1) is 9.52. The summed E-state index contributed by atoms with van der Waals surface area (Å²) in [5, 5.41) is 8.85. The molecule has 104 valence electrons. The average molecular weight is 275 g/mol. The number of hydrogen-bond donors (Lipinski definition) is 1. The van der Waals surface area contributed by atoms with Crippen LogP contribution in [0, 0.1) is 30.0 Å². The third kappa shape index (κ3) is 3.15. The summed E-state index contributed by atoms with van der Waals surface area (Å²) in [5.41, 5.74) is 0.752. The van der Waals surface area contributed by atoms with Gasteiger partial charge in [0.25, 0.3) is 0 Å². The average Bonchev–Trinajstić information content (AvgIpc) is 3.20. The van der Waals surface area contributed by atoms with Crippen LogP contribution in [0.15, 0.2) is 24.3 Å². The molecule has 2 atom stereocenters. The van der Waals surface area contributed by atoms with Gasteiger partial charge in [-0.05, 0) is 24.1 Å². The molecular formula is C15H14FNO3. The summed E-state index contributed by atoms with van der Waals surface area (Å²) < 4.78 is 12.8. The second kappa shape index (κ2) is 5.74. The molecule has 0 saturated heterocycles. The molecule has 1 aromatic rings. The van der Waals surface area contributed by atoms with E-state index in [0.29, 0.717) is 6.42 Å². The second-order valence-corrected chi connectivity index (χ2v) is 4.81. The molecular weight excluding hydrogens is 261 g/mol. The number of carboxylic acids is 1. The highest BCUT2D eigenvalue weighted by atomic mass is 19.1. The van der Waals surface area contributed by atoms with Crippen molar-refractivity contribution < 1.29 is 19.1 Å². The van der Waals surface area contributed by atoms with Gasteiger partial charge in [-0.1, -0.05) is 18.1 Å². The number of carboxylic acid groups (broad SMARTS) is 1. The van der Waals surface area contributed by atoms with Gasteiger partial charge in [-0.2, -0.15) is 0 Å². The summed E-state index contributed by atoms with van der Waals surface area (Å²) in [6.07, 6.45) is 5.60. The molecule has 1 amide bonds. The number of benzene rings is 1. The van der Waals surface area contributed by atoms with Crippen LogP contribution >= 0.6 is 0 Å². The number of aliphatic carboxylic acids is 1. The molecule has 1 aliphatic carbocycles. The Morgan fingerprint density at radius 3 is 2.50 bits per heavy atom. The molecule has 0 heterocycles. The van der Waals surface area contributed by atoms with Gasteiger partial charge in [0, 0.05) is 6.54 Å². The summed E-state index contributed by atoms with van der Waals surface area (Å²) in [7, 11) is 0. The summed E-state index contributed by atoms with van der Waals surface area (Å²) in [4.78, 5) is 24.4. The van der Waals surface area contributed by atoms with Gasteiger partial charge in [-0.25, -0.2) is 4.39 Å². The van der Waals surface area contributed by atoms with Crippen LogP contribution < -0.4 is 0 Å². The maximum absolute atomic E-state index is 12.8. The van der Waals surface area contributed by atoms with Gasteiger partial charge in [0.1, 0.15) is 5.82 Å². The maximum atomic E-state index is 12.8. The zero-order chi connectivity index (χ0) is 14.7. The lowest BCUT2D eigenvalue weighted by Crippen LogP contribution is -2.33. The highest BCUT2D eigenvalue weighted by Crippen LogP contribution is 2.40. The third-order valence-electron chi connectivity index (χ3n) is 3.31. The molecule has 0 aromatic heterocycles. The number of halogens is 1. The molecule has 1 aromatic carbocycles. The Balaban J connectivity index is 2.04. The van der Waals surface area contributed by atoms with Crippen LogP contribution in [0.25, 0.3) is 0 Å². The van der Waals surface area contributed by atoms with E-state index in [0.717, 1.165) is 5.56 Å². The third-order valence-corrected chi connectivity index (χ3v) is 3.31. The van der Waals surface area contributed by atoms with Gasteiger partial charge in [-0.15, -0.1) is 6.42 Å². The van der Waals surface area contributed by atoms with Gasteiger partial charge in [0.05, 0.1) is 18.4 Å². The van der Waals surface area contributed by atoms with E-state index >= 15 is 0 Å². The fourth-order valence-electron chi connectivity index (χ4n) is 2.11. The number of rotatable bonds is 5. The van der Waals surface area contributed by atoms with E-state index in [9.17, 15) is 14.0 Å². The van der Waals surface area contributed by atoms with Crippen molar-refractivity contribution in [2.24, 2.45) is 11.8 Å². The number of hydrogen-bond acceptors (Lipinski definition) is 2. The molecule has 1 aliphatic rings. The standard InChI is InChI=1S/C15H14FNO3/c1-2-7-17(9-10-3-5-11(16)6-4-10)14(18)12-8-13(12)15(19)20/h1,3-6,12-13H,7-9H2,(H,19,20). The van der Waals surface area contributed by atoms with Crippen LogP contribution in [0.5, 0.6) is 0 Å². The lowest BCUT2D eigenvalue weighted by atomic mass is 10.2. The van der Waals surface area contributed by atoms with Crippen LogP contribution in [0.2, 0.25) is 0 Å². The molecule has 1 N–H and O–H groups in total. The van der Waals surface area contributed by atoms with Crippen molar-refractivity contribution in [2.75, 3.05) is 6.54 Å². The highest BCUT2D eigenvalue weighted by molar-refractivity contribution is 5.89. The first kappa shape index (κ1) is 14.1. The Kier molecular flexibility index (Phi) is 4.04. The van der Waals surface area contributed by atoms with Crippen molar-refractivity contribution in [3.63, 3.8) is 0 Å². The van der Waals surface area contributed by atoms with E-state index in [1.54, 1.807) is 12.1 Å². The molecule has 1 fully saturated rings. The quantitative estimate of drug-likeness (QED) is 0.829. The van der Waals surface area contributed by atoms with Crippen molar-refractivity contribution in [1.82, 2.24) is 4.90 Å². The Labute approximate surface area is 116 Å². The molecule has 0 aliphatic heterocycles. The van der Waals surface area contributed by atoms with E-state index in [1.807, 2.05) is 0 Å². The van der Waals surface area contributed by atoms with Crippen molar-refractivity contribution >= 4 is 11.9 Å². The van der Waals surface area contributed by atoms with Crippen LogP contribution in [0.1, 0.15) is 12.0 Å². The molecule has 0 spiro atoms. The van der Waals surface area contributed by atoms with E-state index in [1.165, 1.54) is 17.0 Å². The SMILES string of the molecule is C#CCN(Cc1ccc(F)cc1)C(=O)C1CC1C(=O)O. The largest absolute Gasteiger partial charge is 0.481 e. The molecule has 0 bridgehead atoms. The lowest BCUT2D eigenvalue weighted by molar-refractivity contribution is -0.142.